The highest BCUT2D eigenvalue weighted by Gasteiger charge is 2.45. The number of rotatable bonds is 2. The Labute approximate surface area is 231 Å². The third-order valence-electron chi connectivity index (χ3n) is 6.31. The molecule has 5 aromatic rings. The molecule has 0 fully saturated rings. The summed E-state index contributed by atoms with van der Waals surface area (Å²) < 4.78 is 0. The van der Waals surface area contributed by atoms with Crippen LogP contribution in [0, 0.1) is 6.92 Å². The Kier molecular flexibility index (Phi) is 11.1. The fraction of sp³-hybridized carbons (Fsp3) is 0.211. The fourth-order valence-corrected chi connectivity index (χ4v) is 4.93. The highest BCUT2D eigenvalue weighted by atomic mass is 14.5. The summed E-state index contributed by atoms with van der Waals surface area (Å²) in [4.78, 5) is 0. The third-order valence-corrected chi connectivity index (χ3v) is 6.31. The highest BCUT2D eigenvalue weighted by molar-refractivity contribution is 5.86. The molecule has 0 aliphatic heterocycles. The lowest BCUT2D eigenvalue weighted by Gasteiger charge is -2.33. The van der Waals surface area contributed by atoms with E-state index in [1.165, 1.54) is 51.8 Å². The van der Waals surface area contributed by atoms with Crippen molar-refractivity contribution in [1.82, 2.24) is 0 Å². The number of fused-ring (bicyclic) bond motifs is 3. The van der Waals surface area contributed by atoms with Gasteiger partial charge in [-0.2, -0.15) is 0 Å². The Morgan fingerprint density at radius 3 is 1.00 bits per heavy atom. The molecule has 0 atom stereocenters. The second-order valence-corrected chi connectivity index (χ2v) is 9.64. The first-order valence-electron chi connectivity index (χ1n) is 14.0. The van der Waals surface area contributed by atoms with Crippen molar-refractivity contribution in [3.05, 3.63) is 167 Å². The van der Waals surface area contributed by atoms with Crippen molar-refractivity contribution in [3.8, 4) is 11.1 Å². The lowest BCUT2D eigenvalue weighted by molar-refractivity contribution is 0.768. The predicted molar refractivity (Wildman–Crippen MR) is 167 cm³/mol. The van der Waals surface area contributed by atoms with Gasteiger partial charge in [0, 0.05) is 0 Å². The quantitative estimate of drug-likeness (QED) is 0.223. The van der Waals surface area contributed by atoms with Crippen LogP contribution in [0.2, 0.25) is 0 Å². The van der Waals surface area contributed by atoms with Crippen molar-refractivity contribution < 1.29 is 0 Å². The molecule has 1 aliphatic rings. The Morgan fingerprint density at radius 1 is 0.395 bits per heavy atom. The van der Waals surface area contributed by atoms with E-state index in [-0.39, 0.29) is 5.41 Å². The molecule has 0 unspecified atom stereocenters. The molecule has 0 radical (unpaired) electrons. The Hall–Kier alpha value is -3.90. The van der Waals surface area contributed by atoms with Crippen molar-refractivity contribution in [1.29, 1.82) is 0 Å². The van der Waals surface area contributed by atoms with Gasteiger partial charge >= 0.3 is 0 Å². The number of hydrogen-bond donors (Lipinski definition) is 0. The van der Waals surface area contributed by atoms with Gasteiger partial charge in [-0.15, -0.1) is 0 Å². The monoisotopic (exact) mass is 498 g/mol. The first-order valence-corrected chi connectivity index (χ1v) is 14.0. The van der Waals surface area contributed by atoms with Crippen LogP contribution in [-0.2, 0) is 5.41 Å². The number of aryl methyl sites for hydroxylation is 1. The maximum absolute atomic E-state index is 2.29. The van der Waals surface area contributed by atoms with Gasteiger partial charge in [-0.25, -0.2) is 0 Å². The van der Waals surface area contributed by atoms with E-state index in [0.717, 1.165) is 0 Å². The van der Waals surface area contributed by atoms with E-state index >= 15 is 0 Å². The molecule has 5 aromatic carbocycles. The molecule has 0 N–H and O–H groups in total. The van der Waals surface area contributed by atoms with Crippen LogP contribution in [0.15, 0.2) is 140 Å². The van der Waals surface area contributed by atoms with Gasteiger partial charge in [0.25, 0.3) is 0 Å². The van der Waals surface area contributed by atoms with Crippen molar-refractivity contribution in [3.63, 3.8) is 0 Å². The van der Waals surface area contributed by atoms with Crippen LogP contribution in [0.3, 0.4) is 0 Å². The van der Waals surface area contributed by atoms with E-state index in [1.807, 2.05) is 18.2 Å². The molecule has 38 heavy (non-hydrogen) atoms. The van der Waals surface area contributed by atoms with Gasteiger partial charge in [-0.3, -0.25) is 0 Å². The van der Waals surface area contributed by atoms with Crippen LogP contribution >= 0.6 is 0 Å². The molecule has 0 saturated carbocycles. The molecule has 0 spiro atoms. The Bertz CT molecular complexity index is 1250. The van der Waals surface area contributed by atoms with Crippen LogP contribution in [0.4, 0.5) is 0 Å². The zero-order valence-corrected chi connectivity index (χ0v) is 23.7. The zero-order valence-electron chi connectivity index (χ0n) is 23.7. The molecule has 0 aromatic heterocycles. The van der Waals surface area contributed by atoms with Crippen molar-refractivity contribution in [2.75, 3.05) is 0 Å². The first kappa shape index (κ1) is 28.7. The molecule has 0 heteroatoms. The van der Waals surface area contributed by atoms with E-state index in [4.69, 9.17) is 0 Å². The van der Waals surface area contributed by atoms with Gasteiger partial charge in [-0.05, 0) is 40.3 Å². The summed E-state index contributed by atoms with van der Waals surface area (Å²) in [7, 11) is 0. The van der Waals surface area contributed by atoms with Gasteiger partial charge < -0.3 is 0 Å². The van der Waals surface area contributed by atoms with Crippen LogP contribution in [0.1, 0.15) is 68.4 Å². The SMILES string of the molecule is CCC.CCC.Cc1ccccc1.c1ccc(C2(c3ccccc3)c3ccccc3-c3ccccc32)cc1. The minimum atomic E-state index is -0.254. The van der Waals surface area contributed by atoms with Crippen LogP contribution < -0.4 is 0 Å². The molecule has 0 bridgehead atoms. The van der Waals surface area contributed by atoms with E-state index in [0.29, 0.717) is 0 Å². The maximum Gasteiger partial charge on any atom is 0.0713 e. The Balaban J connectivity index is 0.000000257. The predicted octanol–water partition coefficient (Wildman–Crippen LogP) is 10.9. The molecule has 194 valence electrons. The summed E-state index contributed by atoms with van der Waals surface area (Å²) in [6.07, 6.45) is 2.50. The second kappa shape index (κ2) is 14.7. The number of hydrogen-bond acceptors (Lipinski definition) is 0. The summed E-state index contributed by atoms with van der Waals surface area (Å²) in [5, 5.41) is 0. The van der Waals surface area contributed by atoms with E-state index in [2.05, 4.69) is 156 Å². The minimum Gasteiger partial charge on any atom is -0.0656 e. The van der Waals surface area contributed by atoms with Crippen molar-refractivity contribution in [2.45, 2.75) is 52.9 Å². The van der Waals surface area contributed by atoms with Gasteiger partial charge in [0.05, 0.1) is 5.41 Å². The summed E-state index contributed by atoms with van der Waals surface area (Å²) in [5.74, 6) is 0. The summed E-state index contributed by atoms with van der Waals surface area (Å²) in [6.45, 7) is 10.6. The van der Waals surface area contributed by atoms with E-state index < -0.39 is 0 Å². The molecule has 0 saturated heterocycles. The molecular weight excluding hydrogens is 456 g/mol. The molecule has 1 aliphatic carbocycles. The molecule has 0 nitrogen and oxygen atoms in total. The zero-order chi connectivity index (χ0) is 27.2. The lowest BCUT2D eigenvalue weighted by Crippen LogP contribution is -2.28. The topological polar surface area (TPSA) is 0 Å². The van der Waals surface area contributed by atoms with Crippen molar-refractivity contribution >= 4 is 0 Å². The van der Waals surface area contributed by atoms with E-state index in [9.17, 15) is 0 Å². The van der Waals surface area contributed by atoms with Gasteiger partial charge in [0.2, 0.25) is 0 Å². The fourth-order valence-electron chi connectivity index (χ4n) is 4.93. The minimum absolute atomic E-state index is 0.254. The Morgan fingerprint density at radius 2 is 0.684 bits per heavy atom. The summed E-state index contributed by atoms with van der Waals surface area (Å²) in [5.41, 5.74) is 9.12. The molecule has 0 heterocycles. The third kappa shape index (κ3) is 6.32. The van der Waals surface area contributed by atoms with Crippen LogP contribution in [0.25, 0.3) is 11.1 Å². The van der Waals surface area contributed by atoms with Gasteiger partial charge in [0.15, 0.2) is 0 Å². The van der Waals surface area contributed by atoms with E-state index in [1.54, 1.807) is 0 Å². The van der Waals surface area contributed by atoms with Crippen LogP contribution in [-0.4, -0.2) is 0 Å². The largest absolute Gasteiger partial charge is 0.0713 e. The summed E-state index contributed by atoms with van der Waals surface area (Å²) >= 11 is 0. The average molecular weight is 499 g/mol. The maximum atomic E-state index is 2.29. The normalized spacial score (nSPS) is 11.7. The first-order chi connectivity index (χ1) is 18.6. The van der Waals surface area contributed by atoms with Crippen molar-refractivity contribution in [2.24, 2.45) is 0 Å². The lowest BCUT2D eigenvalue weighted by atomic mass is 9.68. The molecular formula is C38H42. The molecule has 0 amide bonds. The summed E-state index contributed by atoms with van der Waals surface area (Å²) in [6, 6.07) is 49.7. The van der Waals surface area contributed by atoms with Crippen LogP contribution in [0.5, 0.6) is 0 Å². The smallest absolute Gasteiger partial charge is 0.0656 e. The van der Waals surface area contributed by atoms with Gasteiger partial charge in [0.1, 0.15) is 0 Å². The van der Waals surface area contributed by atoms with Gasteiger partial charge in [-0.1, -0.05) is 186 Å². The second-order valence-electron chi connectivity index (χ2n) is 9.64. The number of benzene rings is 5. The average Bonchev–Trinajstić information content (AvgIpc) is 3.27. The standard InChI is InChI=1S/C25H18.C7H8.2C3H8/c1-3-11-19(12-4-1)25(20-13-5-2-6-14-20)23-17-9-7-15-21(23)22-16-8-10-18-24(22)25;1-7-5-3-2-4-6-7;2*1-3-2/h1-18H;2-6H,1H3;2*3H2,1-2H3. The highest BCUT2D eigenvalue weighted by Crippen LogP contribution is 2.55. The molecule has 6 rings (SSSR count).